The standard InChI is InChI=1S/C15H14N2O/c1-2-6-12(7-3-1)14-11-18-15(17-14)10-13-8-4-5-9-16-13/h1-9,14H,10-11H2. The number of hydrogen-bond donors (Lipinski definition) is 0. The first-order chi connectivity index (χ1) is 8.92. The molecule has 1 aromatic carbocycles. The van der Waals surface area contributed by atoms with Crippen LogP contribution in [-0.4, -0.2) is 17.5 Å². The molecule has 0 radical (unpaired) electrons. The number of nitrogens with zero attached hydrogens (tertiary/aromatic N) is 2. The predicted molar refractivity (Wildman–Crippen MR) is 70.5 cm³/mol. The monoisotopic (exact) mass is 238 g/mol. The Labute approximate surface area is 106 Å². The van der Waals surface area contributed by atoms with E-state index in [1.165, 1.54) is 5.56 Å². The van der Waals surface area contributed by atoms with Crippen molar-refractivity contribution in [2.45, 2.75) is 12.5 Å². The van der Waals surface area contributed by atoms with Crippen LogP contribution in [0, 0.1) is 0 Å². The summed E-state index contributed by atoms with van der Waals surface area (Å²) in [6.45, 7) is 0.631. The average molecular weight is 238 g/mol. The Morgan fingerprint density at radius 2 is 1.89 bits per heavy atom. The van der Waals surface area contributed by atoms with Gasteiger partial charge in [0.05, 0.1) is 6.42 Å². The summed E-state index contributed by atoms with van der Waals surface area (Å²) < 4.78 is 5.63. The largest absolute Gasteiger partial charge is 0.478 e. The molecule has 0 saturated carbocycles. The van der Waals surface area contributed by atoms with Gasteiger partial charge in [0.15, 0.2) is 5.90 Å². The van der Waals surface area contributed by atoms with Gasteiger partial charge in [0.2, 0.25) is 0 Å². The molecule has 18 heavy (non-hydrogen) atoms. The number of ether oxygens (including phenoxy) is 1. The average Bonchev–Trinajstić information content (AvgIpc) is 2.89. The lowest BCUT2D eigenvalue weighted by Crippen LogP contribution is -2.04. The molecule has 3 nitrogen and oxygen atoms in total. The molecule has 0 aliphatic carbocycles. The van der Waals surface area contributed by atoms with Crippen LogP contribution in [0.25, 0.3) is 0 Å². The van der Waals surface area contributed by atoms with Crippen LogP contribution in [-0.2, 0) is 11.2 Å². The van der Waals surface area contributed by atoms with Gasteiger partial charge in [0.1, 0.15) is 12.6 Å². The lowest BCUT2D eigenvalue weighted by molar-refractivity contribution is 0.313. The van der Waals surface area contributed by atoms with Crippen LogP contribution < -0.4 is 0 Å². The smallest absolute Gasteiger partial charge is 0.190 e. The normalized spacial score (nSPS) is 18.2. The minimum Gasteiger partial charge on any atom is -0.478 e. The van der Waals surface area contributed by atoms with Crippen LogP contribution in [0.5, 0.6) is 0 Å². The van der Waals surface area contributed by atoms with E-state index in [1.807, 2.05) is 36.4 Å². The minimum absolute atomic E-state index is 0.130. The van der Waals surface area contributed by atoms with E-state index in [0.29, 0.717) is 13.0 Å². The van der Waals surface area contributed by atoms with Gasteiger partial charge in [-0.25, -0.2) is 4.99 Å². The SMILES string of the molecule is c1ccc(C2COC(Cc3ccccn3)=N2)cc1. The molecule has 1 aliphatic heterocycles. The molecule has 1 atom stereocenters. The zero-order valence-electron chi connectivity index (χ0n) is 9.99. The van der Waals surface area contributed by atoms with E-state index < -0.39 is 0 Å². The fraction of sp³-hybridized carbons (Fsp3) is 0.200. The molecular formula is C15H14N2O. The summed E-state index contributed by atoms with van der Waals surface area (Å²) in [5, 5.41) is 0. The fourth-order valence-corrected chi connectivity index (χ4v) is 2.02. The fourth-order valence-electron chi connectivity index (χ4n) is 2.02. The van der Waals surface area contributed by atoms with Crippen molar-refractivity contribution in [1.29, 1.82) is 0 Å². The van der Waals surface area contributed by atoms with Gasteiger partial charge in [-0.15, -0.1) is 0 Å². The molecule has 90 valence electrons. The molecule has 3 heteroatoms. The van der Waals surface area contributed by atoms with Crippen LogP contribution in [0.15, 0.2) is 59.7 Å². The second kappa shape index (κ2) is 5.00. The number of rotatable bonds is 3. The van der Waals surface area contributed by atoms with Crippen LogP contribution >= 0.6 is 0 Å². The van der Waals surface area contributed by atoms with Crippen molar-refractivity contribution in [2.75, 3.05) is 6.61 Å². The van der Waals surface area contributed by atoms with Crippen molar-refractivity contribution in [3.05, 3.63) is 66.0 Å². The first-order valence-electron chi connectivity index (χ1n) is 6.06. The highest BCUT2D eigenvalue weighted by molar-refractivity contribution is 5.79. The van der Waals surface area contributed by atoms with Crippen LogP contribution in [0.1, 0.15) is 17.3 Å². The maximum Gasteiger partial charge on any atom is 0.190 e. The van der Waals surface area contributed by atoms with Crippen LogP contribution in [0.3, 0.4) is 0 Å². The van der Waals surface area contributed by atoms with E-state index in [4.69, 9.17) is 4.74 Å². The third kappa shape index (κ3) is 2.40. The predicted octanol–water partition coefficient (Wildman–Crippen LogP) is 2.79. The van der Waals surface area contributed by atoms with Gasteiger partial charge in [0.25, 0.3) is 0 Å². The topological polar surface area (TPSA) is 34.5 Å². The molecule has 0 saturated heterocycles. The maximum absolute atomic E-state index is 5.63. The summed E-state index contributed by atoms with van der Waals surface area (Å²) in [5.41, 5.74) is 2.19. The molecule has 1 unspecified atom stereocenters. The van der Waals surface area contributed by atoms with Crippen molar-refractivity contribution in [3.8, 4) is 0 Å². The first-order valence-corrected chi connectivity index (χ1v) is 6.06. The molecule has 0 bridgehead atoms. The van der Waals surface area contributed by atoms with Gasteiger partial charge in [-0.3, -0.25) is 4.98 Å². The molecule has 0 fully saturated rings. The number of aromatic nitrogens is 1. The van der Waals surface area contributed by atoms with Gasteiger partial charge in [0, 0.05) is 11.9 Å². The van der Waals surface area contributed by atoms with Gasteiger partial charge in [-0.05, 0) is 17.7 Å². The highest BCUT2D eigenvalue weighted by Crippen LogP contribution is 2.23. The number of pyridine rings is 1. The molecule has 0 spiro atoms. The van der Waals surface area contributed by atoms with E-state index in [2.05, 4.69) is 22.1 Å². The summed E-state index contributed by atoms with van der Waals surface area (Å²) in [5.74, 6) is 0.780. The zero-order chi connectivity index (χ0) is 12.2. The number of benzene rings is 1. The first kappa shape index (κ1) is 11.0. The summed E-state index contributed by atoms with van der Waals surface area (Å²) in [6.07, 6.45) is 2.46. The van der Waals surface area contributed by atoms with Crippen LogP contribution in [0.4, 0.5) is 0 Å². The molecule has 0 amide bonds. The Hall–Kier alpha value is -2.16. The van der Waals surface area contributed by atoms with Crippen molar-refractivity contribution >= 4 is 5.90 Å². The second-order valence-electron chi connectivity index (χ2n) is 4.26. The summed E-state index contributed by atoms with van der Waals surface area (Å²) in [6, 6.07) is 16.2. The lowest BCUT2D eigenvalue weighted by Gasteiger charge is -2.03. The number of hydrogen-bond acceptors (Lipinski definition) is 3. The molecule has 0 N–H and O–H groups in total. The third-order valence-corrected chi connectivity index (χ3v) is 2.95. The quantitative estimate of drug-likeness (QED) is 0.824. The zero-order valence-corrected chi connectivity index (χ0v) is 9.99. The molecule has 2 aromatic rings. The highest BCUT2D eigenvalue weighted by atomic mass is 16.5. The Kier molecular flexibility index (Phi) is 3.05. The molecule has 1 aliphatic rings. The van der Waals surface area contributed by atoms with Crippen molar-refractivity contribution in [2.24, 2.45) is 4.99 Å². The van der Waals surface area contributed by atoms with Crippen molar-refractivity contribution in [1.82, 2.24) is 4.98 Å². The molecule has 2 heterocycles. The summed E-state index contributed by atoms with van der Waals surface area (Å²) in [4.78, 5) is 8.89. The van der Waals surface area contributed by atoms with E-state index in [1.54, 1.807) is 6.20 Å². The van der Waals surface area contributed by atoms with E-state index in [-0.39, 0.29) is 6.04 Å². The third-order valence-electron chi connectivity index (χ3n) is 2.95. The Morgan fingerprint density at radius 1 is 1.06 bits per heavy atom. The van der Waals surface area contributed by atoms with E-state index >= 15 is 0 Å². The molecular weight excluding hydrogens is 224 g/mol. The number of aliphatic imine (C=N–C) groups is 1. The minimum atomic E-state index is 0.130. The Balaban J connectivity index is 1.73. The summed E-state index contributed by atoms with van der Waals surface area (Å²) in [7, 11) is 0. The van der Waals surface area contributed by atoms with Crippen molar-refractivity contribution in [3.63, 3.8) is 0 Å². The van der Waals surface area contributed by atoms with E-state index in [0.717, 1.165) is 11.6 Å². The highest BCUT2D eigenvalue weighted by Gasteiger charge is 2.20. The van der Waals surface area contributed by atoms with Gasteiger partial charge < -0.3 is 4.74 Å². The van der Waals surface area contributed by atoms with Gasteiger partial charge >= 0.3 is 0 Å². The van der Waals surface area contributed by atoms with Gasteiger partial charge in [-0.2, -0.15) is 0 Å². The van der Waals surface area contributed by atoms with Crippen molar-refractivity contribution < 1.29 is 4.74 Å². The lowest BCUT2D eigenvalue weighted by atomic mass is 10.1. The second-order valence-corrected chi connectivity index (χ2v) is 4.26. The Bertz CT molecular complexity index is 537. The summed E-state index contributed by atoms with van der Waals surface area (Å²) >= 11 is 0. The maximum atomic E-state index is 5.63. The van der Waals surface area contributed by atoms with Crippen LogP contribution in [0.2, 0.25) is 0 Å². The molecule has 1 aromatic heterocycles. The Morgan fingerprint density at radius 3 is 2.67 bits per heavy atom. The molecule has 3 rings (SSSR count). The van der Waals surface area contributed by atoms with E-state index in [9.17, 15) is 0 Å². The van der Waals surface area contributed by atoms with Gasteiger partial charge in [-0.1, -0.05) is 36.4 Å².